The lowest BCUT2D eigenvalue weighted by molar-refractivity contribution is 0.525. The van der Waals surface area contributed by atoms with Crippen LogP contribution < -0.4 is 5.32 Å². The van der Waals surface area contributed by atoms with Crippen molar-refractivity contribution in [3.8, 4) is 0 Å². The van der Waals surface area contributed by atoms with Gasteiger partial charge in [0.1, 0.15) is 0 Å². The van der Waals surface area contributed by atoms with Gasteiger partial charge in [-0.2, -0.15) is 0 Å². The highest BCUT2D eigenvalue weighted by Crippen LogP contribution is 2.27. The molecule has 0 spiro atoms. The second-order valence-electron chi connectivity index (χ2n) is 4.57. The van der Waals surface area contributed by atoms with Crippen molar-refractivity contribution in [2.45, 2.75) is 43.0 Å². The molecular formula is C14H20BrNS. The highest BCUT2D eigenvalue weighted by Gasteiger charge is 2.13. The van der Waals surface area contributed by atoms with Crippen molar-refractivity contribution in [1.82, 2.24) is 5.32 Å². The van der Waals surface area contributed by atoms with Gasteiger partial charge in [0, 0.05) is 15.4 Å². The lowest BCUT2D eigenvalue weighted by Gasteiger charge is -2.11. The first-order valence-corrected chi connectivity index (χ1v) is 8.25. The van der Waals surface area contributed by atoms with Crippen LogP contribution in [-0.4, -0.2) is 18.3 Å². The van der Waals surface area contributed by atoms with Crippen LogP contribution >= 0.6 is 27.7 Å². The first-order valence-electron chi connectivity index (χ1n) is 6.47. The summed E-state index contributed by atoms with van der Waals surface area (Å²) in [6, 6.07) is 9.27. The molecule has 0 atom stereocenters. The molecule has 0 bridgehead atoms. The monoisotopic (exact) mass is 313 g/mol. The van der Waals surface area contributed by atoms with E-state index in [9.17, 15) is 0 Å². The highest BCUT2D eigenvalue weighted by atomic mass is 79.9. The van der Waals surface area contributed by atoms with Crippen molar-refractivity contribution in [2.75, 3.05) is 12.3 Å². The third-order valence-electron chi connectivity index (χ3n) is 3.20. The maximum atomic E-state index is 3.66. The van der Waals surface area contributed by atoms with E-state index in [0.717, 1.165) is 6.04 Å². The predicted octanol–water partition coefficient (Wildman–Crippen LogP) is 4.46. The maximum absolute atomic E-state index is 3.66. The largest absolute Gasteiger partial charge is 0.314 e. The summed E-state index contributed by atoms with van der Waals surface area (Å²) in [5, 5.41) is 3.66. The van der Waals surface area contributed by atoms with Crippen LogP contribution in [0.2, 0.25) is 0 Å². The molecule has 1 N–H and O–H groups in total. The quantitative estimate of drug-likeness (QED) is 0.614. The first-order chi connectivity index (χ1) is 8.36. The number of nitrogens with one attached hydrogen (secondary N) is 1. The van der Waals surface area contributed by atoms with E-state index in [-0.39, 0.29) is 0 Å². The minimum atomic E-state index is 0.809. The highest BCUT2D eigenvalue weighted by molar-refractivity contribution is 9.10. The van der Waals surface area contributed by atoms with Crippen molar-refractivity contribution in [3.05, 3.63) is 28.7 Å². The normalized spacial score (nSPS) is 16.5. The Morgan fingerprint density at radius 2 is 2.00 bits per heavy atom. The van der Waals surface area contributed by atoms with E-state index >= 15 is 0 Å². The molecule has 3 heteroatoms. The average Bonchev–Trinajstić information content (AvgIpc) is 2.84. The summed E-state index contributed by atoms with van der Waals surface area (Å²) in [6.07, 6.45) is 6.87. The number of thioether (sulfide) groups is 1. The van der Waals surface area contributed by atoms with Gasteiger partial charge in [-0.3, -0.25) is 0 Å². The van der Waals surface area contributed by atoms with Crippen molar-refractivity contribution >= 4 is 27.7 Å². The fraction of sp³-hybridized carbons (Fsp3) is 0.571. The third-order valence-corrected chi connectivity index (χ3v) is 5.32. The fourth-order valence-corrected chi connectivity index (χ4v) is 3.77. The molecule has 0 aliphatic heterocycles. The number of rotatable bonds is 6. The molecule has 0 unspecified atom stereocenters. The summed E-state index contributed by atoms with van der Waals surface area (Å²) in [7, 11) is 0. The summed E-state index contributed by atoms with van der Waals surface area (Å²) < 4.78 is 1.22. The Hall–Kier alpha value is 0.01000. The Labute approximate surface area is 117 Å². The van der Waals surface area contributed by atoms with Crippen LogP contribution in [0.3, 0.4) is 0 Å². The van der Waals surface area contributed by atoms with E-state index in [4.69, 9.17) is 0 Å². The zero-order valence-electron chi connectivity index (χ0n) is 10.1. The van der Waals surface area contributed by atoms with E-state index in [2.05, 4.69) is 45.5 Å². The Balaban J connectivity index is 1.58. The molecule has 0 heterocycles. The topological polar surface area (TPSA) is 12.0 Å². The van der Waals surface area contributed by atoms with Gasteiger partial charge in [-0.15, -0.1) is 11.8 Å². The van der Waals surface area contributed by atoms with Gasteiger partial charge >= 0.3 is 0 Å². The molecule has 1 aliphatic rings. The summed E-state index contributed by atoms with van der Waals surface area (Å²) in [4.78, 5) is 1.35. The molecule has 0 amide bonds. The third kappa shape index (κ3) is 4.65. The molecule has 1 aliphatic carbocycles. The molecule has 17 heavy (non-hydrogen) atoms. The Kier molecular flexibility index (Phi) is 5.89. The van der Waals surface area contributed by atoms with Gasteiger partial charge in [-0.1, -0.05) is 25.0 Å². The van der Waals surface area contributed by atoms with Gasteiger partial charge < -0.3 is 5.32 Å². The zero-order valence-corrected chi connectivity index (χ0v) is 12.5. The number of hydrogen-bond acceptors (Lipinski definition) is 2. The molecule has 1 aromatic rings. The predicted molar refractivity (Wildman–Crippen MR) is 79.7 cm³/mol. The SMILES string of the molecule is Brc1ccccc1SCCCNC1CCCC1. The minimum absolute atomic E-state index is 0.809. The fourth-order valence-electron chi connectivity index (χ4n) is 2.25. The van der Waals surface area contributed by atoms with Crippen molar-refractivity contribution in [2.24, 2.45) is 0 Å². The lowest BCUT2D eigenvalue weighted by atomic mass is 10.2. The second kappa shape index (κ2) is 7.45. The van der Waals surface area contributed by atoms with Crippen LogP contribution in [0.15, 0.2) is 33.6 Å². The Bertz CT molecular complexity index is 337. The zero-order chi connectivity index (χ0) is 11.9. The molecule has 1 aromatic carbocycles. The van der Waals surface area contributed by atoms with Crippen molar-refractivity contribution in [3.63, 3.8) is 0 Å². The number of benzene rings is 1. The van der Waals surface area contributed by atoms with E-state index < -0.39 is 0 Å². The molecule has 1 saturated carbocycles. The van der Waals surface area contributed by atoms with E-state index in [1.54, 1.807) is 0 Å². The molecule has 0 aromatic heterocycles. The van der Waals surface area contributed by atoms with Gasteiger partial charge in [-0.05, 0) is 59.6 Å². The van der Waals surface area contributed by atoms with Crippen LogP contribution in [0.25, 0.3) is 0 Å². The standard InChI is InChI=1S/C14H20BrNS/c15-13-8-3-4-9-14(13)17-11-5-10-16-12-6-1-2-7-12/h3-4,8-9,12,16H,1-2,5-7,10-11H2. The van der Waals surface area contributed by atoms with E-state index in [1.165, 1.54) is 53.8 Å². The van der Waals surface area contributed by atoms with Crippen LogP contribution in [0.4, 0.5) is 0 Å². The Morgan fingerprint density at radius 3 is 2.76 bits per heavy atom. The van der Waals surface area contributed by atoms with Crippen LogP contribution in [-0.2, 0) is 0 Å². The molecule has 94 valence electrons. The number of halogens is 1. The molecule has 2 rings (SSSR count). The van der Waals surface area contributed by atoms with Crippen molar-refractivity contribution < 1.29 is 0 Å². The van der Waals surface area contributed by atoms with Gasteiger partial charge in [0.15, 0.2) is 0 Å². The maximum Gasteiger partial charge on any atom is 0.0311 e. The van der Waals surface area contributed by atoms with Gasteiger partial charge in [0.25, 0.3) is 0 Å². The molecule has 0 radical (unpaired) electrons. The van der Waals surface area contributed by atoms with E-state index in [0.29, 0.717) is 0 Å². The van der Waals surface area contributed by atoms with Crippen LogP contribution in [0.5, 0.6) is 0 Å². The van der Waals surface area contributed by atoms with Crippen molar-refractivity contribution in [1.29, 1.82) is 0 Å². The molecular weight excluding hydrogens is 294 g/mol. The van der Waals surface area contributed by atoms with E-state index in [1.807, 2.05) is 11.8 Å². The average molecular weight is 314 g/mol. The molecule has 0 saturated heterocycles. The van der Waals surface area contributed by atoms with Gasteiger partial charge in [-0.25, -0.2) is 0 Å². The number of hydrogen-bond donors (Lipinski definition) is 1. The molecule has 1 fully saturated rings. The summed E-state index contributed by atoms with van der Waals surface area (Å²) in [5.74, 6) is 1.20. The first kappa shape index (κ1) is 13.4. The summed E-state index contributed by atoms with van der Waals surface area (Å²) in [6.45, 7) is 1.17. The summed E-state index contributed by atoms with van der Waals surface area (Å²) in [5.41, 5.74) is 0. The van der Waals surface area contributed by atoms with Crippen LogP contribution in [0, 0.1) is 0 Å². The minimum Gasteiger partial charge on any atom is -0.314 e. The smallest absolute Gasteiger partial charge is 0.0311 e. The van der Waals surface area contributed by atoms with Gasteiger partial charge in [0.05, 0.1) is 0 Å². The summed E-state index contributed by atoms with van der Waals surface area (Å²) >= 11 is 5.53. The lowest BCUT2D eigenvalue weighted by Crippen LogP contribution is -2.27. The van der Waals surface area contributed by atoms with Gasteiger partial charge in [0.2, 0.25) is 0 Å². The molecule has 1 nitrogen and oxygen atoms in total. The Morgan fingerprint density at radius 1 is 1.24 bits per heavy atom. The second-order valence-corrected chi connectivity index (χ2v) is 6.56. The van der Waals surface area contributed by atoms with Crippen LogP contribution in [0.1, 0.15) is 32.1 Å².